The summed E-state index contributed by atoms with van der Waals surface area (Å²) < 4.78 is 5.19. The van der Waals surface area contributed by atoms with Gasteiger partial charge in [0.15, 0.2) is 0 Å². The molecule has 3 rings (SSSR count). The molecule has 0 amide bonds. The van der Waals surface area contributed by atoms with E-state index in [4.69, 9.17) is 16.3 Å². The maximum atomic E-state index is 9.99. The largest absolute Gasteiger partial charge is 0.507 e. The van der Waals surface area contributed by atoms with Gasteiger partial charge < -0.3 is 20.3 Å². The van der Waals surface area contributed by atoms with Crippen molar-refractivity contribution >= 4 is 17.5 Å². The smallest absolute Gasteiger partial charge is 0.243 e. The van der Waals surface area contributed by atoms with Crippen molar-refractivity contribution < 1.29 is 14.9 Å². The van der Waals surface area contributed by atoms with Crippen molar-refractivity contribution in [2.75, 3.05) is 18.5 Å². The third kappa shape index (κ3) is 3.52. The number of nitrogens with zero attached hydrogens (tertiary/aromatic N) is 3. The molecule has 8 heteroatoms. The van der Waals surface area contributed by atoms with Crippen molar-refractivity contribution in [1.82, 2.24) is 15.2 Å². The van der Waals surface area contributed by atoms with E-state index in [-0.39, 0.29) is 11.8 Å². The van der Waals surface area contributed by atoms with Crippen LogP contribution in [0.2, 0.25) is 5.02 Å². The highest BCUT2D eigenvalue weighted by Gasteiger charge is 2.24. The number of ether oxygens (including phenoxy) is 1. The van der Waals surface area contributed by atoms with Gasteiger partial charge in [0.2, 0.25) is 5.95 Å². The van der Waals surface area contributed by atoms with E-state index in [0.717, 1.165) is 0 Å². The summed E-state index contributed by atoms with van der Waals surface area (Å²) in [5.41, 5.74) is 1.61. The number of nitrogens with one attached hydrogen (secondary N) is 1. The van der Waals surface area contributed by atoms with Crippen LogP contribution in [-0.4, -0.2) is 50.8 Å². The Morgan fingerprint density at radius 3 is 2.87 bits per heavy atom. The molecule has 1 aromatic heterocycles. The van der Waals surface area contributed by atoms with Gasteiger partial charge in [-0.25, -0.2) is 4.98 Å². The number of halogens is 1. The third-order valence-electron chi connectivity index (χ3n) is 3.72. The number of aryl methyl sites for hydroxylation is 1. The molecule has 2 atom stereocenters. The molecule has 1 saturated heterocycles. The number of anilines is 1. The SMILES string of the molecule is Cc1nc(N[C@@H]2CCOC[C@H]2O)nnc1-c1ccc(Cl)cc1O. The minimum atomic E-state index is -0.604. The fourth-order valence-electron chi connectivity index (χ4n) is 2.48. The molecule has 0 saturated carbocycles. The summed E-state index contributed by atoms with van der Waals surface area (Å²) in [6.07, 6.45) is 0.0659. The number of benzene rings is 1. The fraction of sp³-hybridized carbons (Fsp3) is 0.400. The second-order valence-electron chi connectivity index (χ2n) is 5.41. The first-order valence-electron chi connectivity index (χ1n) is 7.27. The van der Waals surface area contributed by atoms with Gasteiger partial charge in [0.25, 0.3) is 0 Å². The molecule has 2 heterocycles. The van der Waals surface area contributed by atoms with Crippen molar-refractivity contribution in [1.29, 1.82) is 0 Å². The van der Waals surface area contributed by atoms with Gasteiger partial charge in [-0.2, -0.15) is 0 Å². The van der Waals surface area contributed by atoms with Crippen molar-refractivity contribution in [3.63, 3.8) is 0 Å². The zero-order valence-corrected chi connectivity index (χ0v) is 13.3. The van der Waals surface area contributed by atoms with E-state index in [2.05, 4.69) is 20.5 Å². The fourth-order valence-corrected chi connectivity index (χ4v) is 2.64. The monoisotopic (exact) mass is 336 g/mol. The number of rotatable bonds is 3. The summed E-state index contributed by atoms with van der Waals surface area (Å²) in [7, 11) is 0. The normalized spacial score (nSPS) is 21.2. The number of aliphatic hydroxyl groups excluding tert-OH is 1. The molecule has 7 nitrogen and oxygen atoms in total. The number of hydrogen-bond acceptors (Lipinski definition) is 7. The molecular weight excluding hydrogens is 320 g/mol. The molecule has 122 valence electrons. The Hall–Kier alpha value is -1.96. The lowest BCUT2D eigenvalue weighted by Gasteiger charge is -2.28. The summed E-state index contributed by atoms with van der Waals surface area (Å²) in [5.74, 6) is 0.364. The lowest BCUT2D eigenvalue weighted by molar-refractivity contribution is -0.0136. The number of hydrogen-bond donors (Lipinski definition) is 3. The van der Waals surface area contributed by atoms with E-state index in [0.29, 0.717) is 47.6 Å². The molecule has 0 radical (unpaired) electrons. The first-order chi connectivity index (χ1) is 11.0. The van der Waals surface area contributed by atoms with Crippen molar-refractivity contribution in [2.24, 2.45) is 0 Å². The highest BCUT2D eigenvalue weighted by atomic mass is 35.5. The molecule has 3 N–H and O–H groups in total. The first kappa shape index (κ1) is 15.9. The van der Waals surface area contributed by atoms with Gasteiger partial charge in [-0.3, -0.25) is 0 Å². The second-order valence-corrected chi connectivity index (χ2v) is 5.85. The van der Waals surface area contributed by atoms with E-state index in [9.17, 15) is 10.2 Å². The van der Waals surface area contributed by atoms with Crippen LogP contribution in [0.15, 0.2) is 18.2 Å². The van der Waals surface area contributed by atoms with Crippen LogP contribution in [0.3, 0.4) is 0 Å². The summed E-state index contributed by atoms with van der Waals surface area (Å²) in [6.45, 7) is 2.66. The zero-order chi connectivity index (χ0) is 16.4. The van der Waals surface area contributed by atoms with Gasteiger partial charge in [0.05, 0.1) is 24.4 Å². The van der Waals surface area contributed by atoms with Crippen LogP contribution in [-0.2, 0) is 4.74 Å². The third-order valence-corrected chi connectivity index (χ3v) is 3.95. The van der Waals surface area contributed by atoms with Crippen LogP contribution in [0.5, 0.6) is 5.75 Å². The van der Waals surface area contributed by atoms with E-state index < -0.39 is 6.10 Å². The Morgan fingerprint density at radius 2 is 2.17 bits per heavy atom. The van der Waals surface area contributed by atoms with Gasteiger partial charge >= 0.3 is 0 Å². The predicted molar refractivity (Wildman–Crippen MR) is 85.5 cm³/mol. The molecule has 1 aliphatic heterocycles. The van der Waals surface area contributed by atoms with Crippen molar-refractivity contribution in [3.05, 3.63) is 28.9 Å². The van der Waals surface area contributed by atoms with Gasteiger partial charge in [-0.1, -0.05) is 11.6 Å². The number of aliphatic hydroxyl groups is 1. The Bertz CT molecular complexity index is 713. The highest BCUT2D eigenvalue weighted by Crippen LogP contribution is 2.31. The molecule has 1 aromatic carbocycles. The molecule has 23 heavy (non-hydrogen) atoms. The van der Waals surface area contributed by atoms with Crippen molar-refractivity contribution in [2.45, 2.75) is 25.5 Å². The Labute approximate surface area is 138 Å². The molecule has 1 fully saturated rings. The average Bonchev–Trinajstić information content (AvgIpc) is 2.51. The number of aromatic nitrogens is 3. The Balaban J connectivity index is 1.83. The molecule has 0 bridgehead atoms. The van der Waals surface area contributed by atoms with E-state index >= 15 is 0 Å². The standard InChI is InChI=1S/C15H17ClN4O3/c1-8-14(10-3-2-9(16)6-12(10)21)19-20-15(17-8)18-11-4-5-23-7-13(11)22/h2-3,6,11,13,21-22H,4-5,7H2,1H3,(H,17,18,20)/t11-,13-/m1/s1. The number of phenolic OH excluding ortho intramolecular Hbond substituents is 1. The average molecular weight is 337 g/mol. The van der Waals surface area contributed by atoms with Gasteiger partial charge in [-0.05, 0) is 31.5 Å². The number of phenols is 1. The van der Waals surface area contributed by atoms with E-state index in [1.807, 2.05) is 0 Å². The van der Waals surface area contributed by atoms with E-state index in [1.54, 1.807) is 19.1 Å². The van der Waals surface area contributed by atoms with Crippen LogP contribution in [0.4, 0.5) is 5.95 Å². The summed E-state index contributed by atoms with van der Waals surface area (Å²) in [6, 6.07) is 4.62. The quantitative estimate of drug-likeness (QED) is 0.785. The first-order valence-corrected chi connectivity index (χ1v) is 7.65. The van der Waals surface area contributed by atoms with Crippen LogP contribution in [0.1, 0.15) is 12.1 Å². The summed E-state index contributed by atoms with van der Waals surface area (Å²) in [4.78, 5) is 4.36. The van der Waals surface area contributed by atoms with Gasteiger partial charge in [-0.15, -0.1) is 10.2 Å². The molecule has 0 spiro atoms. The summed E-state index contributed by atoms with van der Waals surface area (Å²) in [5, 5.41) is 31.6. The second kappa shape index (κ2) is 6.66. The van der Waals surface area contributed by atoms with Crippen LogP contribution in [0.25, 0.3) is 11.3 Å². The van der Waals surface area contributed by atoms with Crippen LogP contribution < -0.4 is 5.32 Å². The lowest BCUT2D eigenvalue weighted by Crippen LogP contribution is -2.42. The highest BCUT2D eigenvalue weighted by molar-refractivity contribution is 6.30. The minimum absolute atomic E-state index is 0.0252. The lowest BCUT2D eigenvalue weighted by atomic mass is 10.1. The predicted octanol–water partition coefficient (Wildman–Crippen LogP) is 1.77. The molecule has 0 unspecified atom stereocenters. The molecule has 0 aliphatic carbocycles. The Kier molecular flexibility index (Phi) is 4.61. The van der Waals surface area contributed by atoms with E-state index in [1.165, 1.54) is 6.07 Å². The zero-order valence-electron chi connectivity index (χ0n) is 12.5. The molecule has 2 aromatic rings. The van der Waals surface area contributed by atoms with Crippen molar-refractivity contribution in [3.8, 4) is 17.0 Å². The number of aromatic hydroxyl groups is 1. The maximum absolute atomic E-state index is 9.99. The topological polar surface area (TPSA) is 100 Å². The summed E-state index contributed by atoms with van der Waals surface area (Å²) >= 11 is 5.84. The van der Waals surface area contributed by atoms with Gasteiger partial charge in [0, 0.05) is 17.2 Å². The maximum Gasteiger partial charge on any atom is 0.243 e. The molecule has 1 aliphatic rings. The van der Waals surface area contributed by atoms with Crippen LogP contribution in [0, 0.1) is 6.92 Å². The minimum Gasteiger partial charge on any atom is -0.507 e. The van der Waals surface area contributed by atoms with Gasteiger partial charge in [0.1, 0.15) is 11.4 Å². The molecular formula is C15H17ClN4O3. The Morgan fingerprint density at radius 1 is 1.35 bits per heavy atom. The van der Waals surface area contributed by atoms with Crippen LogP contribution >= 0.6 is 11.6 Å².